The molecule has 0 aliphatic carbocycles. The first kappa shape index (κ1) is 12.4. The van der Waals surface area contributed by atoms with Crippen molar-refractivity contribution in [3.8, 4) is 0 Å². The Morgan fingerprint density at radius 2 is 2.00 bits per heavy atom. The standard InChI is InChI=1S/C12H20N2O3/c1-13-4-3-10(8-13)12(17)14-5-2-9(7-14)6-11(15)16/h9-10H,2-8H2,1H3,(H,15,16). The normalized spacial score (nSPS) is 29.8. The lowest BCUT2D eigenvalue weighted by Crippen LogP contribution is -2.35. The van der Waals surface area contributed by atoms with E-state index in [4.69, 9.17) is 5.11 Å². The van der Waals surface area contributed by atoms with E-state index in [0.29, 0.717) is 6.54 Å². The number of carbonyl (C=O) groups is 2. The number of carbonyl (C=O) groups excluding carboxylic acids is 1. The molecule has 0 radical (unpaired) electrons. The zero-order valence-electron chi connectivity index (χ0n) is 10.3. The molecule has 0 aromatic heterocycles. The Hall–Kier alpha value is -1.10. The van der Waals surface area contributed by atoms with Crippen molar-refractivity contribution in [3.05, 3.63) is 0 Å². The van der Waals surface area contributed by atoms with Crippen LogP contribution in [0.4, 0.5) is 0 Å². The third-order valence-electron chi connectivity index (χ3n) is 3.80. The number of hydrogen-bond acceptors (Lipinski definition) is 3. The van der Waals surface area contributed by atoms with Gasteiger partial charge in [0.1, 0.15) is 0 Å². The van der Waals surface area contributed by atoms with Gasteiger partial charge in [0, 0.05) is 26.1 Å². The van der Waals surface area contributed by atoms with Gasteiger partial charge < -0.3 is 14.9 Å². The van der Waals surface area contributed by atoms with Gasteiger partial charge in [0.2, 0.25) is 5.91 Å². The molecule has 0 spiro atoms. The lowest BCUT2D eigenvalue weighted by atomic mass is 10.1. The molecule has 1 amide bonds. The molecule has 2 aliphatic heterocycles. The molecule has 0 aromatic carbocycles. The molecule has 0 bridgehead atoms. The predicted molar refractivity (Wildman–Crippen MR) is 62.5 cm³/mol. The van der Waals surface area contributed by atoms with Crippen LogP contribution in [0.25, 0.3) is 0 Å². The molecular weight excluding hydrogens is 220 g/mol. The lowest BCUT2D eigenvalue weighted by molar-refractivity contribution is -0.139. The molecule has 17 heavy (non-hydrogen) atoms. The Labute approximate surface area is 101 Å². The first-order valence-electron chi connectivity index (χ1n) is 6.25. The molecule has 2 heterocycles. The van der Waals surface area contributed by atoms with Crippen LogP contribution in [-0.4, -0.2) is 60.0 Å². The van der Waals surface area contributed by atoms with Gasteiger partial charge in [-0.25, -0.2) is 0 Å². The van der Waals surface area contributed by atoms with Gasteiger partial charge in [0.15, 0.2) is 0 Å². The van der Waals surface area contributed by atoms with E-state index in [-0.39, 0.29) is 24.2 Å². The number of hydrogen-bond donors (Lipinski definition) is 1. The first-order valence-corrected chi connectivity index (χ1v) is 6.25. The van der Waals surface area contributed by atoms with Crippen LogP contribution in [0.3, 0.4) is 0 Å². The van der Waals surface area contributed by atoms with Gasteiger partial charge in [-0.3, -0.25) is 9.59 Å². The summed E-state index contributed by atoms with van der Waals surface area (Å²) in [5, 5.41) is 8.73. The van der Waals surface area contributed by atoms with Crippen molar-refractivity contribution < 1.29 is 14.7 Å². The molecule has 2 fully saturated rings. The van der Waals surface area contributed by atoms with E-state index in [9.17, 15) is 9.59 Å². The van der Waals surface area contributed by atoms with Crippen molar-refractivity contribution in [1.29, 1.82) is 0 Å². The van der Waals surface area contributed by atoms with Crippen molar-refractivity contribution in [1.82, 2.24) is 9.80 Å². The highest BCUT2D eigenvalue weighted by molar-refractivity contribution is 5.79. The van der Waals surface area contributed by atoms with Crippen LogP contribution in [0.15, 0.2) is 0 Å². The highest BCUT2D eigenvalue weighted by Crippen LogP contribution is 2.24. The highest BCUT2D eigenvalue weighted by Gasteiger charge is 2.34. The van der Waals surface area contributed by atoms with E-state index >= 15 is 0 Å². The largest absolute Gasteiger partial charge is 0.481 e. The summed E-state index contributed by atoms with van der Waals surface area (Å²) in [6.45, 7) is 3.20. The summed E-state index contributed by atoms with van der Waals surface area (Å²) in [6.07, 6.45) is 1.96. The van der Waals surface area contributed by atoms with E-state index in [2.05, 4.69) is 4.90 Å². The molecule has 2 rings (SSSR count). The molecule has 5 heteroatoms. The minimum absolute atomic E-state index is 0.128. The van der Waals surface area contributed by atoms with Crippen LogP contribution in [0.2, 0.25) is 0 Å². The zero-order chi connectivity index (χ0) is 12.4. The molecule has 2 unspecified atom stereocenters. The summed E-state index contributed by atoms with van der Waals surface area (Å²) in [7, 11) is 2.03. The maximum absolute atomic E-state index is 12.2. The monoisotopic (exact) mass is 240 g/mol. The minimum Gasteiger partial charge on any atom is -0.481 e. The van der Waals surface area contributed by atoms with Crippen molar-refractivity contribution in [2.75, 3.05) is 33.2 Å². The van der Waals surface area contributed by atoms with E-state index in [1.807, 2.05) is 11.9 Å². The quantitative estimate of drug-likeness (QED) is 0.769. The summed E-state index contributed by atoms with van der Waals surface area (Å²) in [6, 6.07) is 0. The first-order chi connectivity index (χ1) is 8.06. The van der Waals surface area contributed by atoms with E-state index in [0.717, 1.165) is 32.5 Å². The minimum atomic E-state index is -0.759. The van der Waals surface area contributed by atoms with Crippen LogP contribution in [-0.2, 0) is 9.59 Å². The second kappa shape index (κ2) is 5.04. The van der Waals surface area contributed by atoms with Crippen LogP contribution in [0, 0.1) is 11.8 Å². The molecule has 0 aromatic rings. The number of rotatable bonds is 3. The summed E-state index contributed by atoms with van der Waals surface area (Å²) in [5.74, 6) is -0.258. The van der Waals surface area contributed by atoms with E-state index < -0.39 is 5.97 Å². The van der Waals surface area contributed by atoms with Gasteiger partial charge >= 0.3 is 5.97 Å². The highest BCUT2D eigenvalue weighted by atomic mass is 16.4. The summed E-state index contributed by atoms with van der Waals surface area (Å²) < 4.78 is 0. The van der Waals surface area contributed by atoms with Gasteiger partial charge in [-0.2, -0.15) is 0 Å². The van der Waals surface area contributed by atoms with E-state index in [1.165, 1.54) is 0 Å². The molecule has 2 aliphatic rings. The van der Waals surface area contributed by atoms with Crippen LogP contribution in [0.1, 0.15) is 19.3 Å². The molecule has 0 saturated carbocycles. The van der Waals surface area contributed by atoms with Crippen LogP contribution < -0.4 is 0 Å². The van der Waals surface area contributed by atoms with Gasteiger partial charge in [0.25, 0.3) is 0 Å². The Bertz CT molecular complexity index is 319. The van der Waals surface area contributed by atoms with Crippen molar-refractivity contribution in [2.24, 2.45) is 11.8 Å². The number of amides is 1. The third kappa shape index (κ3) is 2.97. The third-order valence-corrected chi connectivity index (χ3v) is 3.80. The van der Waals surface area contributed by atoms with Crippen molar-refractivity contribution >= 4 is 11.9 Å². The van der Waals surface area contributed by atoms with Crippen molar-refractivity contribution in [3.63, 3.8) is 0 Å². The number of likely N-dealkylation sites (tertiary alicyclic amines) is 2. The number of aliphatic carboxylic acids is 1. The average molecular weight is 240 g/mol. The maximum atomic E-state index is 12.2. The summed E-state index contributed by atoms with van der Waals surface area (Å²) in [5.41, 5.74) is 0. The Kier molecular flexibility index (Phi) is 3.66. The molecular formula is C12H20N2O3. The van der Waals surface area contributed by atoms with E-state index in [1.54, 1.807) is 0 Å². The smallest absolute Gasteiger partial charge is 0.303 e. The SMILES string of the molecule is CN1CCC(C(=O)N2CCC(CC(=O)O)C2)C1. The summed E-state index contributed by atoms with van der Waals surface area (Å²) in [4.78, 5) is 26.8. The second-order valence-electron chi connectivity index (χ2n) is 5.28. The second-order valence-corrected chi connectivity index (χ2v) is 5.28. The molecule has 1 N–H and O–H groups in total. The van der Waals surface area contributed by atoms with Gasteiger partial charge in [0.05, 0.1) is 5.92 Å². The Morgan fingerprint density at radius 1 is 1.24 bits per heavy atom. The zero-order valence-corrected chi connectivity index (χ0v) is 10.3. The fourth-order valence-corrected chi connectivity index (χ4v) is 2.84. The van der Waals surface area contributed by atoms with Crippen LogP contribution >= 0.6 is 0 Å². The Morgan fingerprint density at radius 3 is 2.59 bits per heavy atom. The predicted octanol–water partition coefficient (Wildman–Crippen LogP) is 0.261. The number of carboxylic acids is 1. The topological polar surface area (TPSA) is 60.9 Å². The lowest BCUT2D eigenvalue weighted by Gasteiger charge is -2.20. The molecule has 5 nitrogen and oxygen atoms in total. The van der Waals surface area contributed by atoms with Gasteiger partial charge in [-0.1, -0.05) is 0 Å². The molecule has 2 atom stereocenters. The summed E-state index contributed by atoms with van der Waals surface area (Å²) >= 11 is 0. The number of carboxylic acid groups (broad SMARTS) is 1. The van der Waals surface area contributed by atoms with Gasteiger partial charge in [-0.05, 0) is 32.4 Å². The molecule has 2 saturated heterocycles. The maximum Gasteiger partial charge on any atom is 0.303 e. The van der Waals surface area contributed by atoms with Crippen molar-refractivity contribution in [2.45, 2.75) is 19.3 Å². The Balaban J connectivity index is 1.83. The fraction of sp³-hybridized carbons (Fsp3) is 0.833. The fourth-order valence-electron chi connectivity index (χ4n) is 2.84. The number of nitrogens with zero attached hydrogens (tertiary/aromatic N) is 2. The van der Waals surface area contributed by atoms with Crippen LogP contribution in [0.5, 0.6) is 0 Å². The molecule has 96 valence electrons. The average Bonchev–Trinajstić information content (AvgIpc) is 2.85. The van der Waals surface area contributed by atoms with Gasteiger partial charge in [-0.15, -0.1) is 0 Å².